The van der Waals surface area contributed by atoms with Crippen molar-refractivity contribution in [3.8, 4) is 0 Å². The van der Waals surface area contributed by atoms with Gasteiger partial charge in [0.05, 0.1) is 11.6 Å². The fourth-order valence-corrected chi connectivity index (χ4v) is 2.18. The van der Waals surface area contributed by atoms with E-state index >= 15 is 0 Å². The van der Waals surface area contributed by atoms with Crippen LogP contribution in [-0.2, 0) is 9.59 Å². The van der Waals surface area contributed by atoms with E-state index in [1.165, 1.54) is 6.08 Å². The van der Waals surface area contributed by atoms with Crippen LogP contribution in [0.25, 0.3) is 0 Å². The maximum absolute atomic E-state index is 10.8. The van der Waals surface area contributed by atoms with Gasteiger partial charge in [-0.15, -0.1) is 0 Å². The van der Waals surface area contributed by atoms with Crippen molar-refractivity contribution in [1.82, 2.24) is 0 Å². The van der Waals surface area contributed by atoms with Crippen LogP contribution in [0.5, 0.6) is 0 Å². The molecule has 94 valence electrons. The Kier molecular flexibility index (Phi) is 3.75. The number of carboxylic acid groups (broad SMARTS) is 1. The number of benzene rings is 1. The highest BCUT2D eigenvalue weighted by Gasteiger charge is 2.24. The zero-order chi connectivity index (χ0) is 13.0. The Morgan fingerprint density at radius 1 is 1.28 bits per heavy atom. The molecule has 0 spiro atoms. The summed E-state index contributed by atoms with van der Waals surface area (Å²) in [7, 11) is 0. The highest BCUT2D eigenvalue weighted by atomic mass is 16.4. The Balaban J connectivity index is 2.01. The summed E-state index contributed by atoms with van der Waals surface area (Å²) >= 11 is 0. The van der Waals surface area contributed by atoms with Gasteiger partial charge in [0.25, 0.3) is 0 Å². The molecular formula is C13H14N2O3. The van der Waals surface area contributed by atoms with E-state index in [9.17, 15) is 9.59 Å². The second kappa shape index (κ2) is 5.47. The molecule has 1 aliphatic rings. The maximum atomic E-state index is 10.8. The number of nitrogens with zero attached hydrogens (tertiary/aromatic N) is 2. The average molecular weight is 246 g/mol. The first kappa shape index (κ1) is 12.3. The SMILES string of the molecule is O=C=Nc1ccc(N2CCC(C(=O)O)CC2)cc1. The minimum atomic E-state index is -0.703. The highest BCUT2D eigenvalue weighted by Crippen LogP contribution is 2.25. The topological polar surface area (TPSA) is 70.0 Å². The maximum Gasteiger partial charge on any atom is 0.306 e. The van der Waals surface area contributed by atoms with E-state index in [-0.39, 0.29) is 5.92 Å². The van der Waals surface area contributed by atoms with Crippen LogP contribution in [0.4, 0.5) is 11.4 Å². The largest absolute Gasteiger partial charge is 0.481 e. The summed E-state index contributed by atoms with van der Waals surface area (Å²) in [5.74, 6) is -0.925. The Morgan fingerprint density at radius 3 is 2.39 bits per heavy atom. The van der Waals surface area contributed by atoms with E-state index in [2.05, 4.69) is 9.89 Å². The van der Waals surface area contributed by atoms with Gasteiger partial charge in [-0.3, -0.25) is 4.79 Å². The molecule has 0 saturated carbocycles. The van der Waals surface area contributed by atoms with E-state index in [1.807, 2.05) is 12.1 Å². The Morgan fingerprint density at radius 2 is 1.89 bits per heavy atom. The van der Waals surface area contributed by atoms with Gasteiger partial charge in [0.1, 0.15) is 0 Å². The number of hydrogen-bond donors (Lipinski definition) is 1. The predicted octanol–water partition coefficient (Wildman–Crippen LogP) is 1.95. The summed E-state index contributed by atoms with van der Waals surface area (Å²) in [6.45, 7) is 1.49. The van der Waals surface area contributed by atoms with Crippen LogP contribution >= 0.6 is 0 Å². The van der Waals surface area contributed by atoms with E-state index in [1.54, 1.807) is 12.1 Å². The lowest BCUT2D eigenvalue weighted by Gasteiger charge is -2.31. The summed E-state index contributed by atoms with van der Waals surface area (Å²) in [6.07, 6.45) is 2.84. The number of aliphatic imine (C=N–C) groups is 1. The molecule has 1 aliphatic heterocycles. The van der Waals surface area contributed by atoms with Gasteiger partial charge in [-0.25, -0.2) is 4.79 Å². The van der Waals surface area contributed by atoms with Crippen molar-refractivity contribution in [1.29, 1.82) is 0 Å². The van der Waals surface area contributed by atoms with Crippen LogP contribution < -0.4 is 4.90 Å². The smallest absolute Gasteiger partial charge is 0.306 e. The molecule has 1 aromatic carbocycles. The van der Waals surface area contributed by atoms with Crippen LogP contribution in [0.2, 0.25) is 0 Å². The fourth-order valence-electron chi connectivity index (χ4n) is 2.18. The van der Waals surface area contributed by atoms with Crippen LogP contribution in [0.3, 0.4) is 0 Å². The van der Waals surface area contributed by atoms with Gasteiger partial charge in [-0.2, -0.15) is 4.99 Å². The molecular weight excluding hydrogens is 232 g/mol. The lowest BCUT2D eigenvalue weighted by Crippen LogP contribution is -2.36. The molecule has 1 aromatic rings. The molecule has 2 rings (SSSR count). The second-order valence-electron chi connectivity index (χ2n) is 4.32. The van der Waals surface area contributed by atoms with Crippen LogP contribution in [0, 0.1) is 5.92 Å². The standard InChI is InChI=1S/C13H14N2O3/c16-9-14-11-1-3-12(4-2-11)15-7-5-10(6-8-15)13(17)18/h1-4,10H,5-8H2,(H,17,18). The molecule has 0 unspecified atom stereocenters. The number of isocyanates is 1. The lowest BCUT2D eigenvalue weighted by atomic mass is 9.97. The average Bonchev–Trinajstić information content (AvgIpc) is 2.40. The van der Waals surface area contributed by atoms with Crippen molar-refractivity contribution in [3.05, 3.63) is 24.3 Å². The van der Waals surface area contributed by atoms with Gasteiger partial charge < -0.3 is 10.0 Å². The summed E-state index contributed by atoms with van der Waals surface area (Å²) in [6, 6.07) is 7.28. The molecule has 1 fully saturated rings. The summed E-state index contributed by atoms with van der Waals surface area (Å²) in [4.78, 5) is 26.6. The van der Waals surface area contributed by atoms with Crippen molar-refractivity contribution in [2.75, 3.05) is 18.0 Å². The minimum absolute atomic E-state index is 0.222. The second-order valence-corrected chi connectivity index (χ2v) is 4.32. The van der Waals surface area contributed by atoms with Crippen molar-refractivity contribution < 1.29 is 14.7 Å². The van der Waals surface area contributed by atoms with Crippen molar-refractivity contribution >= 4 is 23.4 Å². The zero-order valence-electron chi connectivity index (χ0n) is 9.87. The lowest BCUT2D eigenvalue weighted by molar-refractivity contribution is -0.142. The third kappa shape index (κ3) is 2.76. The number of anilines is 1. The van der Waals surface area contributed by atoms with Gasteiger partial charge in [-0.05, 0) is 37.1 Å². The van der Waals surface area contributed by atoms with Crippen LogP contribution in [0.1, 0.15) is 12.8 Å². The molecule has 1 N–H and O–H groups in total. The molecule has 1 heterocycles. The van der Waals surface area contributed by atoms with Gasteiger partial charge in [0.15, 0.2) is 0 Å². The first-order valence-corrected chi connectivity index (χ1v) is 5.86. The number of aliphatic carboxylic acids is 1. The molecule has 0 aliphatic carbocycles. The van der Waals surface area contributed by atoms with E-state index in [0.717, 1.165) is 18.8 Å². The Hall–Kier alpha value is -2.13. The normalized spacial score (nSPS) is 16.1. The number of hydrogen-bond acceptors (Lipinski definition) is 4. The molecule has 0 bridgehead atoms. The third-order valence-corrected chi connectivity index (χ3v) is 3.23. The van der Waals surface area contributed by atoms with E-state index < -0.39 is 5.97 Å². The molecule has 5 nitrogen and oxygen atoms in total. The molecule has 0 aromatic heterocycles. The molecule has 18 heavy (non-hydrogen) atoms. The fraction of sp³-hybridized carbons (Fsp3) is 0.385. The summed E-state index contributed by atoms with van der Waals surface area (Å²) in [5.41, 5.74) is 1.61. The Bertz CT molecular complexity index is 470. The molecule has 0 amide bonds. The first-order valence-electron chi connectivity index (χ1n) is 5.86. The number of carbonyl (C=O) groups is 1. The Labute approximate surface area is 105 Å². The van der Waals surface area contributed by atoms with Crippen molar-refractivity contribution in [3.63, 3.8) is 0 Å². The zero-order valence-corrected chi connectivity index (χ0v) is 9.87. The molecule has 0 atom stereocenters. The highest BCUT2D eigenvalue weighted by molar-refractivity contribution is 5.70. The number of rotatable bonds is 3. The molecule has 5 heteroatoms. The van der Waals surface area contributed by atoms with Gasteiger partial charge in [-0.1, -0.05) is 0 Å². The quantitative estimate of drug-likeness (QED) is 0.653. The molecule has 0 radical (unpaired) electrons. The first-order chi connectivity index (χ1) is 8.70. The van der Waals surface area contributed by atoms with Crippen molar-refractivity contribution in [2.24, 2.45) is 10.9 Å². The monoisotopic (exact) mass is 246 g/mol. The summed E-state index contributed by atoms with van der Waals surface area (Å²) < 4.78 is 0. The van der Waals surface area contributed by atoms with E-state index in [4.69, 9.17) is 5.11 Å². The van der Waals surface area contributed by atoms with Crippen LogP contribution in [0.15, 0.2) is 29.3 Å². The van der Waals surface area contributed by atoms with Gasteiger partial charge >= 0.3 is 5.97 Å². The third-order valence-electron chi connectivity index (χ3n) is 3.23. The van der Waals surface area contributed by atoms with Crippen molar-refractivity contribution in [2.45, 2.75) is 12.8 Å². The number of piperidine rings is 1. The number of carbonyl (C=O) groups excluding carboxylic acids is 1. The predicted molar refractivity (Wildman–Crippen MR) is 66.8 cm³/mol. The van der Waals surface area contributed by atoms with Crippen LogP contribution in [-0.4, -0.2) is 30.2 Å². The summed E-state index contributed by atoms with van der Waals surface area (Å²) in [5, 5.41) is 8.92. The van der Waals surface area contributed by atoms with E-state index in [0.29, 0.717) is 18.5 Å². The van der Waals surface area contributed by atoms with Gasteiger partial charge in [0.2, 0.25) is 6.08 Å². The van der Waals surface area contributed by atoms with Gasteiger partial charge in [0, 0.05) is 18.8 Å². The number of carboxylic acids is 1. The molecule has 1 saturated heterocycles. The minimum Gasteiger partial charge on any atom is -0.481 e.